The summed E-state index contributed by atoms with van der Waals surface area (Å²) >= 11 is 0. The number of carbonyl (C=O) groups excluding carboxylic acids is 2. The van der Waals surface area contributed by atoms with Crippen LogP contribution < -0.4 is 5.32 Å². The van der Waals surface area contributed by atoms with E-state index in [0.29, 0.717) is 12.1 Å². The molecular weight excluding hydrogens is 302 g/mol. The number of ether oxygens (including phenoxy) is 1. The van der Waals surface area contributed by atoms with Crippen molar-refractivity contribution in [1.29, 1.82) is 0 Å². The van der Waals surface area contributed by atoms with Crippen molar-refractivity contribution >= 4 is 18.0 Å². The van der Waals surface area contributed by atoms with Crippen LogP contribution in [0.25, 0.3) is 0 Å². The molecule has 0 fully saturated rings. The normalized spacial score (nSPS) is 12.5. The van der Waals surface area contributed by atoms with E-state index in [0.717, 1.165) is 4.57 Å². The monoisotopic (exact) mass is 325 g/mol. The van der Waals surface area contributed by atoms with E-state index in [1.165, 1.54) is 12.5 Å². The van der Waals surface area contributed by atoms with Crippen molar-refractivity contribution in [1.82, 2.24) is 14.9 Å². The molecule has 1 aromatic heterocycles. The first kappa shape index (κ1) is 18.7. The molecule has 0 saturated carbocycles. The van der Waals surface area contributed by atoms with Gasteiger partial charge in [-0.1, -0.05) is 6.92 Å². The Kier molecular flexibility index (Phi) is 6.29. The average molecular weight is 325 g/mol. The summed E-state index contributed by atoms with van der Waals surface area (Å²) in [6.45, 7) is 7.06. The van der Waals surface area contributed by atoms with Gasteiger partial charge in [-0.25, -0.2) is 19.1 Å². The van der Waals surface area contributed by atoms with E-state index in [1.807, 2.05) is 6.92 Å². The molecule has 0 aliphatic rings. The standard InChI is InChI=1S/C15H23N3O5/c1-5-6-12(19)17-11(13(20)21)7-10-8-18(9-16-10)14(22)23-15(2,3)4/h8-9,11H,5-7H2,1-4H3,(H,17,19)(H,20,21)/t11-/m0/s1. The van der Waals surface area contributed by atoms with Crippen molar-refractivity contribution in [2.75, 3.05) is 0 Å². The number of hydrogen-bond donors (Lipinski definition) is 2. The van der Waals surface area contributed by atoms with Crippen molar-refractivity contribution in [2.45, 2.75) is 58.6 Å². The summed E-state index contributed by atoms with van der Waals surface area (Å²) in [7, 11) is 0. The van der Waals surface area contributed by atoms with Crippen LogP contribution in [0.1, 0.15) is 46.2 Å². The molecule has 1 heterocycles. The molecule has 23 heavy (non-hydrogen) atoms. The Balaban J connectivity index is 2.73. The fourth-order valence-electron chi connectivity index (χ4n) is 1.79. The van der Waals surface area contributed by atoms with E-state index in [2.05, 4.69) is 10.3 Å². The summed E-state index contributed by atoms with van der Waals surface area (Å²) in [5.74, 6) is -1.48. The highest BCUT2D eigenvalue weighted by Gasteiger charge is 2.23. The molecular formula is C15H23N3O5. The summed E-state index contributed by atoms with van der Waals surface area (Å²) in [6, 6.07) is -1.09. The van der Waals surface area contributed by atoms with Gasteiger partial charge in [-0.2, -0.15) is 0 Å². The fraction of sp³-hybridized carbons (Fsp3) is 0.600. The second kappa shape index (κ2) is 7.75. The van der Waals surface area contributed by atoms with Gasteiger partial charge in [0.25, 0.3) is 0 Å². The van der Waals surface area contributed by atoms with Crippen LogP contribution in [0, 0.1) is 0 Å². The quantitative estimate of drug-likeness (QED) is 0.821. The van der Waals surface area contributed by atoms with Crippen LogP contribution >= 0.6 is 0 Å². The number of carboxylic acid groups (broad SMARTS) is 1. The zero-order chi connectivity index (χ0) is 17.6. The number of carboxylic acids is 1. The molecule has 0 bridgehead atoms. The predicted octanol–water partition coefficient (Wildman–Crippen LogP) is 1.58. The Hall–Kier alpha value is -2.38. The molecule has 0 spiro atoms. The van der Waals surface area contributed by atoms with Crippen LogP contribution in [-0.2, 0) is 20.7 Å². The molecule has 1 aromatic rings. The van der Waals surface area contributed by atoms with E-state index in [9.17, 15) is 19.5 Å². The lowest BCUT2D eigenvalue weighted by Gasteiger charge is -2.19. The molecule has 8 nitrogen and oxygen atoms in total. The number of nitrogens with one attached hydrogen (secondary N) is 1. The van der Waals surface area contributed by atoms with Gasteiger partial charge < -0.3 is 15.2 Å². The van der Waals surface area contributed by atoms with Crippen LogP contribution in [-0.4, -0.2) is 44.3 Å². The van der Waals surface area contributed by atoms with Crippen LogP contribution in [0.5, 0.6) is 0 Å². The lowest BCUT2D eigenvalue weighted by molar-refractivity contribution is -0.141. The number of carbonyl (C=O) groups is 3. The van der Waals surface area contributed by atoms with Crippen LogP contribution in [0.2, 0.25) is 0 Å². The van der Waals surface area contributed by atoms with Crippen molar-refractivity contribution in [3.8, 4) is 0 Å². The van der Waals surface area contributed by atoms with Gasteiger partial charge >= 0.3 is 12.1 Å². The van der Waals surface area contributed by atoms with Crippen molar-refractivity contribution in [3.63, 3.8) is 0 Å². The highest BCUT2D eigenvalue weighted by atomic mass is 16.6. The number of nitrogens with zero attached hydrogens (tertiary/aromatic N) is 2. The molecule has 0 radical (unpaired) electrons. The first-order valence-corrected chi connectivity index (χ1v) is 7.40. The minimum atomic E-state index is -1.15. The van der Waals surface area contributed by atoms with Gasteiger partial charge in [0.1, 0.15) is 18.0 Å². The van der Waals surface area contributed by atoms with Gasteiger partial charge in [-0.3, -0.25) is 4.79 Å². The van der Waals surface area contributed by atoms with Crippen molar-refractivity contribution in [2.24, 2.45) is 0 Å². The van der Waals surface area contributed by atoms with Gasteiger partial charge in [-0.05, 0) is 27.2 Å². The highest BCUT2D eigenvalue weighted by molar-refractivity contribution is 5.83. The van der Waals surface area contributed by atoms with Crippen LogP contribution in [0.15, 0.2) is 12.5 Å². The largest absolute Gasteiger partial charge is 0.480 e. The molecule has 0 saturated heterocycles. The average Bonchev–Trinajstić information content (AvgIpc) is 2.84. The highest BCUT2D eigenvalue weighted by Crippen LogP contribution is 2.10. The number of amides is 1. The zero-order valence-corrected chi connectivity index (χ0v) is 13.8. The third-order valence-corrected chi connectivity index (χ3v) is 2.76. The molecule has 0 aliphatic carbocycles. The maximum Gasteiger partial charge on any atom is 0.419 e. The SMILES string of the molecule is CCCC(=O)N[C@@H](Cc1cn(C(=O)OC(C)(C)C)cn1)C(=O)O. The summed E-state index contributed by atoms with van der Waals surface area (Å²) in [6.07, 6.45) is 2.94. The molecule has 1 atom stereocenters. The van der Waals surface area contributed by atoms with Gasteiger partial charge in [-0.15, -0.1) is 0 Å². The van der Waals surface area contributed by atoms with Gasteiger partial charge in [0.05, 0.1) is 5.69 Å². The lowest BCUT2D eigenvalue weighted by atomic mass is 10.1. The zero-order valence-electron chi connectivity index (χ0n) is 13.8. The number of rotatable bonds is 6. The van der Waals surface area contributed by atoms with Gasteiger partial charge in [0.2, 0.25) is 5.91 Å². The van der Waals surface area contributed by atoms with E-state index in [-0.39, 0.29) is 18.7 Å². The van der Waals surface area contributed by atoms with E-state index < -0.39 is 23.7 Å². The first-order valence-electron chi connectivity index (χ1n) is 7.40. The van der Waals surface area contributed by atoms with Crippen LogP contribution in [0.4, 0.5) is 4.79 Å². The number of aliphatic carboxylic acids is 1. The Morgan fingerprint density at radius 2 is 2.04 bits per heavy atom. The molecule has 8 heteroatoms. The Morgan fingerprint density at radius 3 is 2.57 bits per heavy atom. The molecule has 2 N–H and O–H groups in total. The fourth-order valence-corrected chi connectivity index (χ4v) is 1.79. The third kappa shape index (κ3) is 6.50. The van der Waals surface area contributed by atoms with Gasteiger partial charge in [0.15, 0.2) is 0 Å². The predicted molar refractivity (Wildman–Crippen MR) is 82.0 cm³/mol. The summed E-state index contributed by atoms with van der Waals surface area (Å²) < 4.78 is 6.33. The minimum absolute atomic E-state index is 0.0133. The molecule has 128 valence electrons. The molecule has 0 unspecified atom stereocenters. The third-order valence-electron chi connectivity index (χ3n) is 2.76. The number of imidazole rings is 1. The van der Waals surface area contributed by atoms with Gasteiger partial charge in [0, 0.05) is 19.0 Å². The van der Waals surface area contributed by atoms with Crippen molar-refractivity contribution < 1.29 is 24.2 Å². The van der Waals surface area contributed by atoms with E-state index >= 15 is 0 Å². The van der Waals surface area contributed by atoms with E-state index in [1.54, 1.807) is 20.8 Å². The summed E-state index contributed by atoms with van der Waals surface area (Å²) in [5, 5.41) is 11.6. The Morgan fingerprint density at radius 1 is 1.39 bits per heavy atom. The first-order chi connectivity index (χ1) is 10.6. The number of hydrogen-bond acceptors (Lipinski definition) is 5. The second-order valence-corrected chi connectivity index (χ2v) is 6.17. The smallest absolute Gasteiger partial charge is 0.419 e. The maximum atomic E-state index is 11.9. The Bertz CT molecular complexity index is 574. The second-order valence-electron chi connectivity index (χ2n) is 6.17. The summed E-state index contributed by atoms with van der Waals surface area (Å²) in [4.78, 5) is 38.6. The lowest BCUT2D eigenvalue weighted by Crippen LogP contribution is -2.42. The molecule has 1 rings (SSSR count). The molecule has 0 aliphatic heterocycles. The Labute approximate surface area is 134 Å². The maximum absolute atomic E-state index is 11.9. The molecule has 0 aromatic carbocycles. The molecule has 1 amide bonds. The van der Waals surface area contributed by atoms with Crippen molar-refractivity contribution in [3.05, 3.63) is 18.2 Å². The van der Waals surface area contributed by atoms with Crippen LogP contribution in [0.3, 0.4) is 0 Å². The minimum Gasteiger partial charge on any atom is -0.480 e. The van der Waals surface area contributed by atoms with E-state index in [4.69, 9.17) is 4.74 Å². The summed E-state index contributed by atoms with van der Waals surface area (Å²) in [5.41, 5.74) is -0.265. The topological polar surface area (TPSA) is 111 Å². The number of aromatic nitrogens is 2.